The van der Waals surface area contributed by atoms with E-state index in [0.717, 1.165) is 0 Å². The Labute approximate surface area is 119 Å². The van der Waals surface area contributed by atoms with Gasteiger partial charge in [-0.1, -0.05) is 46.9 Å². The monoisotopic (exact) mass is 300 g/mol. The van der Waals surface area contributed by atoms with Crippen LogP contribution in [0, 0.1) is 5.21 Å². The maximum Gasteiger partial charge on any atom is 0.263 e. The first-order valence-electron chi connectivity index (χ1n) is 4.96. The van der Waals surface area contributed by atoms with Crippen LogP contribution in [0.1, 0.15) is 0 Å². The van der Waals surface area contributed by atoms with E-state index in [1.54, 1.807) is 30.3 Å². The topological polar surface area (TPSA) is 38.4 Å². The van der Waals surface area contributed by atoms with E-state index >= 15 is 0 Å². The minimum atomic E-state index is 0.209. The predicted molar refractivity (Wildman–Crippen MR) is 73.3 cm³/mol. The fourth-order valence-electron chi connectivity index (χ4n) is 1.32. The number of hydrogen-bond acceptors (Lipinski definition) is 2. The van der Waals surface area contributed by atoms with Crippen molar-refractivity contribution >= 4 is 46.2 Å². The Balaban J connectivity index is 2.42. The average molecular weight is 302 g/mol. The van der Waals surface area contributed by atoms with Gasteiger partial charge in [0.2, 0.25) is 0 Å². The van der Waals surface area contributed by atoms with E-state index in [0.29, 0.717) is 20.6 Å². The van der Waals surface area contributed by atoms with Crippen molar-refractivity contribution in [2.45, 2.75) is 0 Å². The minimum absolute atomic E-state index is 0.209. The highest BCUT2D eigenvalue weighted by atomic mass is 35.5. The van der Waals surface area contributed by atoms with Crippen molar-refractivity contribution in [2.75, 3.05) is 0 Å². The molecule has 92 valence electrons. The third-order valence-corrected chi connectivity index (χ3v) is 3.02. The molecule has 0 saturated heterocycles. The summed E-state index contributed by atoms with van der Waals surface area (Å²) >= 11 is 17.6. The lowest BCUT2D eigenvalue weighted by molar-refractivity contribution is -0.435. The first-order valence-corrected chi connectivity index (χ1v) is 6.10. The molecule has 0 aliphatic heterocycles. The summed E-state index contributed by atoms with van der Waals surface area (Å²) in [6.07, 6.45) is 0. The lowest BCUT2D eigenvalue weighted by atomic mass is 10.3. The highest BCUT2D eigenvalue weighted by molar-refractivity contribution is 6.36. The molecular weight excluding hydrogens is 295 g/mol. The van der Waals surface area contributed by atoms with Crippen LogP contribution in [0.15, 0.2) is 47.6 Å². The molecule has 0 unspecified atom stereocenters. The van der Waals surface area contributed by atoms with Gasteiger partial charge >= 0.3 is 0 Å². The Bertz CT molecular complexity index is 614. The standard InChI is InChI=1S/C12H7Cl3N2O/c13-8-5-6-12(10(15)7-8)17(18)16-11-4-2-1-3-9(11)14/h1-7H. The second kappa shape index (κ2) is 5.57. The van der Waals surface area contributed by atoms with E-state index < -0.39 is 0 Å². The highest BCUT2D eigenvalue weighted by Gasteiger charge is 2.11. The summed E-state index contributed by atoms with van der Waals surface area (Å²) in [6, 6.07) is 11.3. The molecule has 0 atom stereocenters. The van der Waals surface area contributed by atoms with Gasteiger partial charge in [-0.25, -0.2) is 0 Å². The van der Waals surface area contributed by atoms with Gasteiger partial charge in [0.25, 0.3) is 5.69 Å². The zero-order chi connectivity index (χ0) is 13.1. The quantitative estimate of drug-likeness (QED) is 0.406. The molecule has 0 N–H and O–H groups in total. The van der Waals surface area contributed by atoms with Crippen molar-refractivity contribution in [2.24, 2.45) is 5.11 Å². The largest absolute Gasteiger partial charge is 0.594 e. The minimum Gasteiger partial charge on any atom is -0.594 e. The van der Waals surface area contributed by atoms with Crippen LogP contribution in [0.5, 0.6) is 0 Å². The summed E-state index contributed by atoms with van der Waals surface area (Å²) in [5.41, 5.74) is 0.584. The van der Waals surface area contributed by atoms with Gasteiger partial charge in [-0.05, 0) is 29.1 Å². The van der Waals surface area contributed by atoms with E-state index in [2.05, 4.69) is 5.11 Å². The Hall–Kier alpha value is -1.29. The molecule has 0 aliphatic carbocycles. The van der Waals surface area contributed by atoms with Crippen molar-refractivity contribution in [1.29, 1.82) is 0 Å². The Morgan fingerprint density at radius 2 is 1.67 bits per heavy atom. The van der Waals surface area contributed by atoms with Gasteiger partial charge in [0.15, 0.2) is 5.69 Å². The normalized spacial score (nSPS) is 11.6. The third kappa shape index (κ3) is 2.93. The number of benzene rings is 2. The summed E-state index contributed by atoms with van der Waals surface area (Å²) in [7, 11) is 0. The van der Waals surface area contributed by atoms with Crippen LogP contribution < -0.4 is 0 Å². The van der Waals surface area contributed by atoms with E-state index in [1.165, 1.54) is 12.1 Å². The molecule has 0 saturated carbocycles. The fraction of sp³-hybridized carbons (Fsp3) is 0. The molecule has 0 radical (unpaired) electrons. The first kappa shape index (κ1) is 13.1. The summed E-state index contributed by atoms with van der Waals surface area (Å²) in [4.78, 5) is 0.417. The molecule has 3 nitrogen and oxygen atoms in total. The molecule has 0 bridgehead atoms. The Kier molecular flexibility index (Phi) is 4.07. The molecule has 0 amide bonds. The van der Waals surface area contributed by atoms with Gasteiger partial charge in [0, 0.05) is 16.2 Å². The van der Waals surface area contributed by atoms with Crippen LogP contribution >= 0.6 is 34.8 Å². The highest BCUT2D eigenvalue weighted by Crippen LogP contribution is 2.30. The van der Waals surface area contributed by atoms with E-state index in [9.17, 15) is 5.21 Å². The van der Waals surface area contributed by atoms with Gasteiger partial charge in [0.05, 0.1) is 5.02 Å². The summed E-state index contributed by atoms with van der Waals surface area (Å²) in [5, 5.41) is 16.8. The van der Waals surface area contributed by atoms with Crippen LogP contribution in [0.2, 0.25) is 15.1 Å². The number of hydrogen-bond donors (Lipinski definition) is 0. The molecule has 2 aromatic carbocycles. The van der Waals surface area contributed by atoms with Crippen LogP contribution in [0.25, 0.3) is 0 Å². The van der Waals surface area contributed by atoms with E-state index in [4.69, 9.17) is 34.8 Å². The van der Waals surface area contributed by atoms with E-state index in [-0.39, 0.29) is 10.7 Å². The average Bonchev–Trinajstić information content (AvgIpc) is 2.32. The van der Waals surface area contributed by atoms with Crippen molar-refractivity contribution in [3.8, 4) is 0 Å². The van der Waals surface area contributed by atoms with Crippen LogP contribution in [-0.4, -0.2) is 4.86 Å². The smallest absolute Gasteiger partial charge is 0.263 e. The molecular formula is C12H7Cl3N2O. The van der Waals surface area contributed by atoms with Crippen molar-refractivity contribution in [3.63, 3.8) is 0 Å². The molecule has 2 aromatic rings. The molecule has 0 aromatic heterocycles. The van der Waals surface area contributed by atoms with E-state index in [1.807, 2.05) is 0 Å². The predicted octanol–water partition coefficient (Wildman–Crippen LogP) is 5.57. The lowest BCUT2D eigenvalue weighted by Crippen LogP contribution is -1.91. The van der Waals surface area contributed by atoms with Crippen molar-refractivity contribution in [3.05, 3.63) is 62.7 Å². The van der Waals surface area contributed by atoms with Gasteiger partial charge in [-0.15, -0.1) is 0 Å². The van der Waals surface area contributed by atoms with Gasteiger partial charge in [-0.3, -0.25) is 0 Å². The summed E-state index contributed by atoms with van der Waals surface area (Å²) in [6.45, 7) is 0. The van der Waals surface area contributed by atoms with Crippen LogP contribution in [-0.2, 0) is 0 Å². The van der Waals surface area contributed by atoms with Crippen LogP contribution in [0.4, 0.5) is 11.4 Å². The molecule has 2 rings (SSSR count). The van der Waals surface area contributed by atoms with Crippen LogP contribution in [0.3, 0.4) is 0 Å². The maximum absolute atomic E-state index is 11.9. The molecule has 0 heterocycles. The van der Waals surface area contributed by atoms with Gasteiger partial charge in [0.1, 0.15) is 5.02 Å². The number of nitrogens with zero attached hydrogens (tertiary/aromatic N) is 2. The lowest BCUT2D eigenvalue weighted by Gasteiger charge is -2.02. The molecule has 18 heavy (non-hydrogen) atoms. The maximum atomic E-state index is 11.9. The Morgan fingerprint density at radius 1 is 0.944 bits per heavy atom. The second-order valence-corrected chi connectivity index (χ2v) is 4.67. The second-order valence-electron chi connectivity index (χ2n) is 3.42. The molecule has 0 aliphatic rings. The number of halogens is 3. The number of rotatable bonds is 2. The summed E-state index contributed by atoms with van der Waals surface area (Å²) in [5.74, 6) is 0. The fourth-order valence-corrected chi connectivity index (χ4v) is 1.98. The van der Waals surface area contributed by atoms with Gasteiger partial charge in [-0.2, -0.15) is 0 Å². The Morgan fingerprint density at radius 3 is 2.33 bits per heavy atom. The van der Waals surface area contributed by atoms with Crippen molar-refractivity contribution < 1.29 is 4.86 Å². The zero-order valence-corrected chi connectivity index (χ0v) is 11.2. The SMILES string of the molecule is [O-][N+](=Nc1ccccc1Cl)c1ccc(Cl)cc1Cl. The molecule has 0 spiro atoms. The summed E-state index contributed by atoms with van der Waals surface area (Å²) < 4.78 is 0. The molecule has 0 fully saturated rings. The van der Waals surface area contributed by atoms with Gasteiger partial charge < -0.3 is 5.21 Å². The zero-order valence-electron chi connectivity index (χ0n) is 8.98. The number of azo groups is 1. The van der Waals surface area contributed by atoms with Crippen molar-refractivity contribution in [1.82, 2.24) is 0 Å². The molecule has 6 heteroatoms. The third-order valence-electron chi connectivity index (χ3n) is 2.17. The first-order chi connectivity index (χ1) is 8.58.